The summed E-state index contributed by atoms with van der Waals surface area (Å²) in [6.45, 7) is 2.44. The number of anilines is 1. The maximum absolute atomic E-state index is 12.8. The molecular formula is C23H20F3N5O2. The first-order valence-corrected chi connectivity index (χ1v) is 10.0. The standard InChI is InChI=1S/C23H20F3N5O2/c1-16-5-2-3-6-17(16)14-30-12-10-21(29-30)27-22(32)20-9-11-31(28-20)15-33-19-8-4-7-18(13-19)23(24,25)26/h2-13H,14-15H2,1H3,(H,27,29,32). The molecule has 0 aliphatic heterocycles. The number of aryl methyl sites for hydroxylation is 1. The van der Waals surface area contributed by atoms with E-state index in [1.54, 1.807) is 16.9 Å². The van der Waals surface area contributed by atoms with E-state index in [1.165, 1.54) is 29.1 Å². The lowest BCUT2D eigenvalue weighted by Crippen LogP contribution is -2.15. The number of rotatable bonds is 7. The minimum absolute atomic E-state index is 0.0468. The maximum Gasteiger partial charge on any atom is 0.416 e. The lowest BCUT2D eigenvalue weighted by atomic mass is 10.1. The van der Waals surface area contributed by atoms with Crippen molar-refractivity contribution in [3.8, 4) is 5.75 Å². The summed E-state index contributed by atoms with van der Waals surface area (Å²) in [4.78, 5) is 12.5. The smallest absolute Gasteiger partial charge is 0.416 e. The van der Waals surface area contributed by atoms with E-state index in [1.807, 2.05) is 31.2 Å². The molecule has 0 bridgehead atoms. The zero-order valence-electron chi connectivity index (χ0n) is 17.6. The van der Waals surface area contributed by atoms with Gasteiger partial charge < -0.3 is 10.1 Å². The Kier molecular flexibility index (Phi) is 6.16. The molecule has 0 unspecified atom stereocenters. The third-order valence-corrected chi connectivity index (χ3v) is 4.87. The Morgan fingerprint density at radius 3 is 2.58 bits per heavy atom. The first-order valence-electron chi connectivity index (χ1n) is 10.0. The van der Waals surface area contributed by atoms with Gasteiger partial charge in [0.1, 0.15) is 5.75 Å². The van der Waals surface area contributed by atoms with Crippen LogP contribution in [0, 0.1) is 6.92 Å². The van der Waals surface area contributed by atoms with Gasteiger partial charge in [0.2, 0.25) is 0 Å². The highest BCUT2D eigenvalue weighted by Crippen LogP contribution is 2.31. The molecule has 0 aliphatic rings. The molecule has 2 heterocycles. The van der Waals surface area contributed by atoms with Crippen molar-refractivity contribution < 1.29 is 22.7 Å². The zero-order chi connectivity index (χ0) is 23.4. The van der Waals surface area contributed by atoms with Crippen molar-refractivity contribution in [2.45, 2.75) is 26.4 Å². The Bertz CT molecular complexity index is 1260. The molecule has 0 saturated heterocycles. The van der Waals surface area contributed by atoms with E-state index in [0.29, 0.717) is 12.4 Å². The van der Waals surface area contributed by atoms with Gasteiger partial charge in [0.15, 0.2) is 18.2 Å². The highest BCUT2D eigenvalue weighted by atomic mass is 19.4. The normalized spacial score (nSPS) is 11.4. The van der Waals surface area contributed by atoms with Crippen molar-refractivity contribution in [3.63, 3.8) is 0 Å². The third-order valence-electron chi connectivity index (χ3n) is 4.87. The minimum Gasteiger partial charge on any atom is -0.471 e. The molecule has 0 radical (unpaired) electrons. The van der Waals surface area contributed by atoms with Gasteiger partial charge in [0.25, 0.3) is 5.91 Å². The van der Waals surface area contributed by atoms with Crippen molar-refractivity contribution in [1.82, 2.24) is 19.6 Å². The molecular weight excluding hydrogens is 435 g/mol. The van der Waals surface area contributed by atoms with Crippen molar-refractivity contribution in [2.75, 3.05) is 5.32 Å². The maximum atomic E-state index is 12.8. The van der Waals surface area contributed by atoms with Crippen LogP contribution in [-0.4, -0.2) is 25.5 Å². The summed E-state index contributed by atoms with van der Waals surface area (Å²) < 4.78 is 46.8. The van der Waals surface area contributed by atoms with Gasteiger partial charge in [-0.3, -0.25) is 9.48 Å². The second-order valence-electron chi connectivity index (χ2n) is 7.32. The van der Waals surface area contributed by atoms with Crippen LogP contribution in [0.3, 0.4) is 0 Å². The van der Waals surface area contributed by atoms with Gasteiger partial charge in [0, 0.05) is 18.5 Å². The van der Waals surface area contributed by atoms with E-state index in [9.17, 15) is 18.0 Å². The van der Waals surface area contributed by atoms with Gasteiger partial charge in [-0.2, -0.15) is 23.4 Å². The summed E-state index contributed by atoms with van der Waals surface area (Å²) >= 11 is 0. The third kappa shape index (κ3) is 5.59. The zero-order valence-corrected chi connectivity index (χ0v) is 17.6. The molecule has 0 saturated carbocycles. The quantitative estimate of drug-likeness (QED) is 0.437. The lowest BCUT2D eigenvalue weighted by Gasteiger charge is -2.10. The molecule has 2 aromatic heterocycles. The van der Waals surface area contributed by atoms with Gasteiger partial charge in [-0.25, -0.2) is 4.68 Å². The number of carbonyl (C=O) groups excluding carboxylic acids is 1. The fraction of sp³-hybridized carbons (Fsp3) is 0.174. The molecule has 4 aromatic rings. The fourth-order valence-corrected chi connectivity index (χ4v) is 3.12. The van der Waals surface area contributed by atoms with Crippen molar-refractivity contribution in [1.29, 1.82) is 0 Å². The topological polar surface area (TPSA) is 74.0 Å². The van der Waals surface area contributed by atoms with E-state index in [4.69, 9.17) is 4.74 Å². The van der Waals surface area contributed by atoms with E-state index in [0.717, 1.165) is 23.3 Å². The predicted octanol–water partition coefficient (Wildman–Crippen LogP) is 4.74. The van der Waals surface area contributed by atoms with Crippen LogP contribution in [0.25, 0.3) is 0 Å². The summed E-state index contributed by atoms with van der Waals surface area (Å²) in [6, 6.07) is 15.7. The van der Waals surface area contributed by atoms with E-state index < -0.39 is 17.6 Å². The molecule has 0 fully saturated rings. The molecule has 2 aromatic carbocycles. The Morgan fingerprint density at radius 1 is 1.00 bits per heavy atom. The van der Waals surface area contributed by atoms with Gasteiger partial charge in [-0.15, -0.1) is 0 Å². The number of halogens is 3. The van der Waals surface area contributed by atoms with E-state index >= 15 is 0 Å². The monoisotopic (exact) mass is 455 g/mol. The average Bonchev–Trinajstić information content (AvgIpc) is 3.43. The van der Waals surface area contributed by atoms with Crippen LogP contribution in [0.2, 0.25) is 0 Å². The van der Waals surface area contributed by atoms with Gasteiger partial charge in [0.05, 0.1) is 12.1 Å². The Labute approximate surface area is 187 Å². The van der Waals surface area contributed by atoms with E-state index in [2.05, 4.69) is 15.5 Å². The Morgan fingerprint density at radius 2 is 1.79 bits per heavy atom. The highest BCUT2D eigenvalue weighted by Gasteiger charge is 2.30. The number of hydrogen-bond donors (Lipinski definition) is 1. The van der Waals surface area contributed by atoms with Crippen LogP contribution < -0.4 is 10.1 Å². The number of benzene rings is 2. The molecule has 0 spiro atoms. The number of aromatic nitrogens is 4. The highest BCUT2D eigenvalue weighted by molar-refractivity contribution is 6.02. The molecule has 0 atom stereocenters. The lowest BCUT2D eigenvalue weighted by molar-refractivity contribution is -0.137. The number of nitrogens with zero attached hydrogens (tertiary/aromatic N) is 4. The number of hydrogen-bond acceptors (Lipinski definition) is 4. The first kappa shape index (κ1) is 22.1. The fourth-order valence-electron chi connectivity index (χ4n) is 3.12. The van der Waals surface area contributed by atoms with Crippen LogP contribution >= 0.6 is 0 Å². The van der Waals surface area contributed by atoms with Gasteiger partial charge in [-0.1, -0.05) is 30.3 Å². The second kappa shape index (κ2) is 9.19. The summed E-state index contributed by atoms with van der Waals surface area (Å²) in [6.07, 6.45) is -1.19. The average molecular weight is 455 g/mol. The molecule has 1 N–H and O–H groups in total. The molecule has 1 amide bonds. The van der Waals surface area contributed by atoms with Crippen molar-refractivity contribution in [2.24, 2.45) is 0 Å². The number of alkyl halides is 3. The SMILES string of the molecule is Cc1ccccc1Cn1ccc(NC(=O)c2ccn(COc3cccc(C(F)(F)F)c3)n2)n1. The molecule has 10 heteroatoms. The number of ether oxygens (including phenoxy) is 1. The number of amides is 1. The molecule has 170 valence electrons. The van der Waals surface area contributed by atoms with Crippen LogP contribution in [-0.2, 0) is 19.5 Å². The van der Waals surface area contributed by atoms with E-state index in [-0.39, 0.29) is 18.2 Å². The van der Waals surface area contributed by atoms with Crippen LogP contribution in [0.5, 0.6) is 5.75 Å². The number of nitrogens with one attached hydrogen (secondary N) is 1. The summed E-state index contributed by atoms with van der Waals surface area (Å²) in [5, 5.41) is 11.1. The molecule has 0 aliphatic carbocycles. The Balaban J connectivity index is 1.34. The van der Waals surface area contributed by atoms with Crippen molar-refractivity contribution in [3.05, 3.63) is 95.4 Å². The van der Waals surface area contributed by atoms with Crippen LogP contribution in [0.1, 0.15) is 27.2 Å². The molecule has 7 nitrogen and oxygen atoms in total. The Hall–Kier alpha value is -4.08. The molecule has 4 rings (SSSR count). The minimum atomic E-state index is -4.46. The van der Waals surface area contributed by atoms with Gasteiger partial charge >= 0.3 is 6.18 Å². The predicted molar refractivity (Wildman–Crippen MR) is 115 cm³/mol. The first-order chi connectivity index (χ1) is 15.8. The molecule has 33 heavy (non-hydrogen) atoms. The summed E-state index contributed by atoms with van der Waals surface area (Å²) in [5.41, 5.74) is 1.59. The largest absolute Gasteiger partial charge is 0.471 e. The van der Waals surface area contributed by atoms with Crippen LogP contribution in [0.4, 0.5) is 19.0 Å². The summed E-state index contributed by atoms with van der Waals surface area (Å²) in [7, 11) is 0. The van der Waals surface area contributed by atoms with Gasteiger partial charge in [-0.05, 0) is 42.3 Å². The van der Waals surface area contributed by atoms with Crippen molar-refractivity contribution >= 4 is 11.7 Å². The summed E-state index contributed by atoms with van der Waals surface area (Å²) in [5.74, 6) is -0.0390. The van der Waals surface area contributed by atoms with Crippen LogP contribution in [0.15, 0.2) is 73.1 Å². The second-order valence-corrected chi connectivity index (χ2v) is 7.32. The number of carbonyl (C=O) groups is 1.